The van der Waals surface area contributed by atoms with Crippen LogP contribution in [0.25, 0.3) is 0 Å². The highest BCUT2D eigenvalue weighted by Crippen LogP contribution is 2.26. The third kappa shape index (κ3) is 4.87. The van der Waals surface area contributed by atoms with E-state index in [1.807, 2.05) is 0 Å². The van der Waals surface area contributed by atoms with Gasteiger partial charge < -0.3 is 5.32 Å². The average Bonchev–Trinajstić information content (AvgIpc) is 2.73. The molecule has 0 radical (unpaired) electrons. The van der Waals surface area contributed by atoms with Gasteiger partial charge in [0.2, 0.25) is 15.9 Å². The van der Waals surface area contributed by atoms with Gasteiger partial charge in [-0.25, -0.2) is 8.42 Å². The van der Waals surface area contributed by atoms with E-state index in [4.69, 9.17) is 0 Å². The van der Waals surface area contributed by atoms with Crippen LogP contribution in [0.2, 0.25) is 0 Å². The minimum atomic E-state index is -3.57. The Morgan fingerprint density at radius 2 is 1.90 bits per heavy atom. The van der Waals surface area contributed by atoms with Crippen molar-refractivity contribution in [2.24, 2.45) is 5.92 Å². The quantitative estimate of drug-likeness (QED) is 0.778. The molecule has 1 fully saturated rings. The number of piperidine rings is 1. The van der Waals surface area contributed by atoms with Crippen LogP contribution in [0.5, 0.6) is 0 Å². The van der Waals surface area contributed by atoms with Gasteiger partial charge in [-0.05, 0) is 56.4 Å². The maximum atomic E-state index is 13.0. The lowest BCUT2D eigenvalue weighted by Crippen LogP contribution is -2.46. The summed E-state index contributed by atoms with van der Waals surface area (Å²) in [7, 11) is -3.57. The van der Waals surface area contributed by atoms with E-state index in [2.05, 4.69) is 44.3 Å². The predicted octanol–water partition coefficient (Wildman–Crippen LogP) is 3.97. The number of nitrogens with zero attached hydrogens (tertiary/aromatic N) is 1. The van der Waals surface area contributed by atoms with E-state index in [1.54, 1.807) is 30.3 Å². The molecule has 6 heteroatoms. The molecule has 0 spiro atoms. The van der Waals surface area contributed by atoms with E-state index < -0.39 is 10.0 Å². The predicted molar refractivity (Wildman–Crippen MR) is 115 cm³/mol. The Hall–Kier alpha value is -2.18. The molecule has 0 bridgehead atoms. The molecule has 0 aromatic heterocycles. The summed E-state index contributed by atoms with van der Waals surface area (Å²) >= 11 is 0. The summed E-state index contributed by atoms with van der Waals surface area (Å²) in [6.45, 7) is 6.85. The Morgan fingerprint density at radius 1 is 1.17 bits per heavy atom. The summed E-state index contributed by atoms with van der Waals surface area (Å²) in [5, 5.41) is 3.16. The van der Waals surface area contributed by atoms with Crippen LogP contribution >= 0.6 is 0 Å². The van der Waals surface area contributed by atoms with Gasteiger partial charge >= 0.3 is 0 Å². The van der Waals surface area contributed by atoms with Gasteiger partial charge in [0, 0.05) is 13.1 Å². The van der Waals surface area contributed by atoms with Gasteiger partial charge in [0.1, 0.15) is 0 Å². The van der Waals surface area contributed by atoms with Crippen LogP contribution in [-0.4, -0.2) is 31.7 Å². The highest BCUT2D eigenvalue weighted by Gasteiger charge is 2.33. The molecular weight excluding hydrogens is 384 g/mol. The van der Waals surface area contributed by atoms with Crippen molar-refractivity contribution < 1.29 is 13.2 Å². The molecule has 1 aliphatic heterocycles. The second kappa shape index (κ2) is 9.09. The first-order valence-corrected chi connectivity index (χ1v) is 11.7. The van der Waals surface area contributed by atoms with Crippen LogP contribution in [0.15, 0.2) is 53.4 Å². The van der Waals surface area contributed by atoms with Crippen molar-refractivity contribution in [3.63, 3.8) is 0 Å². The Kier molecular flexibility index (Phi) is 6.75. The Morgan fingerprint density at radius 3 is 2.55 bits per heavy atom. The molecule has 1 saturated heterocycles. The van der Waals surface area contributed by atoms with Gasteiger partial charge in [-0.1, -0.05) is 48.9 Å². The Balaban J connectivity index is 1.72. The first kappa shape index (κ1) is 21.5. The lowest BCUT2D eigenvalue weighted by molar-refractivity contribution is -0.126. The molecule has 0 saturated carbocycles. The zero-order valence-electron chi connectivity index (χ0n) is 17.4. The van der Waals surface area contributed by atoms with E-state index in [9.17, 15) is 13.2 Å². The van der Waals surface area contributed by atoms with E-state index in [0.29, 0.717) is 19.4 Å². The van der Waals surface area contributed by atoms with Crippen molar-refractivity contribution in [1.82, 2.24) is 9.62 Å². The largest absolute Gasteiger partial charge is 0.349 e. The molecule has 0 aliphatic carbocycles. The number of hydrogen-bond acceptors (Lipinski definition) is 3. The standard InChI is InChI=1S/C23H30N2O3S/c1-4-22(21-13-12-17(2)15-18(21)3)24-23(26)19-9-8-14-25(16-19)29(27,28)20-10-6-5-7-11-20/h5-7,10-13,15,19,22H,4,8-9,14,16H2,1-3H3,(H,24,26)/t19-,22-/m0/s1. The summed E-state index contributed by atoms with van der Waals surface area (Å²) in [4.78, 5) is 13.3. The summed E-state index contributed by atoms with van der Waals surface area (Å²) in [5.41, 5.74) is 3.48. The third-order valence-corrected chi connectivity index (χ3v) is 7.54. The van der Waals surface area contributed by atoms with E-state index >= 15 is 0 Å². The van der Waals surface area contributed by atoms with E-state index in [1.165, 1.54) is 9.87 Å². The van der Waals surface area contributed by atoms with Gasteiger partial charge in [0.15, 0.2) is 0 Å². The fourth-order valence-corrected chi connectivity index (χ4v) is 5.57. The number of benzene rings is 2. The monoisotopic (exact) mass is 414 g/mol. The molecule has 1 heterocycles. The molecule has 1 amide bonds. The third-order valence-electron chi connectivity index (χ3n) is 5.66. The van der Waals surface area contributed by atoms with E-state index in [0.717, 1.165) is 17.5 Å². The highest BCUT2D eigenvalue weighted by atomic mass is 32.2. The summed E-state index contributed by atoms with van der Waals surface area (Å²) in [6.07, 6.45) is 2.18. The molecule has 29 heavy (non-hydrogen) atoms. The average molecular weight is 415 g/mol. The molecule has 0 unspecified atom stereocenters. The van der Waals surface area contributed by atoms with Gasteiger partial charge in [-0.2, -0.15) is 4.31 Å². The zero-order valence-corrected chi connectivity index (χ0v) is 18.2. The topological polar surface area (TPSA) is 66.5 Å². The van der Waals surface area contributed by atoms with Crippen molar-refractivity contribution in [1.29, 1.82) is 0 Å². The van der Waals surface area contributed by atoms with Crippen molar-refractivity contribution in [2.45, 2.75) is 51.0 Å². The lowest BCUT2D eigenvalue weighted by atomic mass is 9.95. The van der Waals surface area contributed by atoms with Gasteiger partial charge in [-0.3, -0.25) is 4.79 Å². The van der Waals surface area contributed by atoms with Crippen molar-refractivity contribution in [3.8, 4) is 0 Å². The molecule has 2 aromatic rings. The molecule has 2 atom stereocenters. The molecule has 156 valence electrons. The normalized spacial score (nSPS) is 18.9. The lowest BCUT2D eigenvalue weighted by Gasteiger charge is -2.32. The second-order valence-corrected chi connectivity index (χ2v) is 9.78. The number of carbonyl (C=O) groups excluding carboxylic acids is 1. The van der Waals surface area contributed by atoms with Crippen molar-refractivity contribution in [2.75, 3.05) is 13.1 Å². The first-order chi connectivity index (χ1) is 13.8. The maximum Gasteiger partial charge on any atom is 0.243 e. The summed E-state index contributed by atoms with van der Waals surface area (Å²) in [5.74, 6) is -0.396. The summed E-state index contributed by atoms with van der Waals surface area (Å²) in [6, 6.07) is 14.6. The number of rotatable bonds is 6. The first-order valence-electron chi connectivity index (χ1n) is 10.3. The molecule has 5 nitrogen and oxygen atoms in total. The van der Waals surface area contributed by atoms with Crippen LogP contribution < -0.4 is 5.32 Å². The number of carbonyl (C=O) groups is 1. The second-order valence-electron chi connectivity index (χ2n) is 7.84. The minimum Gasteiger partial charge on any atom is -0.349 e. The SMILES string of the molecule is CC[C@H](NC(=O)[C@H]1CCCN(S(=O)(=O)c2ccccc2)C1)c1ccc(C)cc1C. The Bertz CT molecular complexity index is 957. The van der Waals surface area contributed by atoms with Crippen molar-refractivity contribution >= 4 is 15.9 Å². The fourth-order valence-electron chi connectivity index (χ4n) is 4.02. The molecule has 1 aliphatic rings. The van der Waals surface area contributed by atoms with Gasteiger partial charge in [-0.15, -0.1) is 0 Å². The van der Waals surface area contributed by atoms with E-state index in [-0.39, 0.29) is 29.3 Å². The zero-order chi connectivity index (χ0) is 21.0. The number of sulfonamides is 1. The molecular formula is C23H30N2O3S. The maximum absolute atomic E-state index is 13.0. The number of hydrogen-bond donors (Lipinski definition) is 1. The molecule has 2 aromatic carbocycles. The smallest absolute Gasteiger partial charge is 0.243 e. The highest BCUT2D eigenvalue weighted by molar-refractivity contribution is 7.89. The molecule has 1 N–H and O–H groups in total. The van der Waals surface area contributed by atoms with Gasteiger partial charge in [0.05, 0.1) is 16.9 Å². The number of nitrogens with one attached hydrogen (secondary N) is 1. The van der Waals surface area contributed by atoms with Crippen LogP contribution in [0, 0.1) is 19.8 Å². The van der Waals surface area contributed by atoms with Gasteiger partial charge in [0.25, 0.3) is 0 Å². The molecule has 3 rings (SSSR count). The number of amides is 1. The van der Waals surface area contributed by atoms with Crippen LogP contribution in [0.4, 0.5) is 0 Å². The Labute approximate surface area is 174 Å². The minimum absolute atomic E-state index is 0.0650. The fraction of sp³-hybridized carbons (Fsp3) is 0.435. The number of aryl methyl sites for hydroxylation is 2. The van der Waals surface area contributed by atoms with Crippen LogP contribution in [0.3, 0.4) is 0 Å². The van der Waals surface area contributed by atoms with Crippen LogP contribution in [0.1, 0.15) is 48.9 Å². The van der Waals surface area contributed by atoms with Crippen molar-refractivity contribution in [3.05, 3.63) is 65.2 Å². The summed E-state index contributed by atoms with van der Waals surface area (Å²) < 4.78 is 27.3. The van der Waals surface area contributed by atoms with Crippen LogP contribution in [-0.2, 0) is 14.8 Å².